The van der Waals surface area contributed by atoms with Gasteiger partial charge in [-0.15, -0.1) is 0 Å². The van der Waals surface area contributed by atoms with E-state index in [0.717, 1.165) is 42.7 Å². The van der Waals surface area contributed by atoms with Crippen molar-refractivity contribution in [2.24, 2.45) is 0 Å². The van der Waals surface area contributed by atoms with E-state index in [2.05, 4.69) is 0 Å². The number of aliphatic hydroxyl groups is 1. The van der Waals surface area contributed by atoms with Crippen molar-refractivity contribution in [1.82, 2.24) is 0 Å². The van der Waals surface area contributed by atoms with E-state index in [-0.39, 0.29) is 18.4 Å². The van der Waals surface area contributed by atoms with Gasteiger partial charge in [-0.2, -0.15) is 0 Å². The van der Waals surface area contributed by atoms with Gasteiger partial charge in [0.2, 0.25) is 5.91 Å². The number of benzene rings is 1. The van der Waals surface area contributed by atoms with E-state index in [1.165, 1.54) is 0 Å². The number of anilines is 1. The molecule has 1 unspecified atom stereocenters. The van der Waals surface area contributed by atoms with Crippen molar-refractivity contribution >= 4 is 11.6 Å². The van der Waals surface area contributed by atoms with Gasteiger partial charge in [-0.05, 0) is 44.4 Å². The van der Waals surface area contributed by atoms with Crippen LogP contribution in [0, 0.1) is 6.92 Å². The van der Waals surface area contributed by atoms with Crippen molar-refractivity contribution in [1.29, 1.82) is 0 Å². The Balaban J connectivity index is 1.83. The lowest BCUT2D eigenvalue weighted by Gasteiger charge is -2.35. The summed E-state index contributed by atoms with van der Waals surface area (Å²) in [5.74, 6) is 0.764. The van der Waals surface area contributed by atoms with Crippen LogP contribution in [0.2, 0.25) is 0 Å². The molecule has 1 fully saturated rings. The van der Waals surface area contributed by atoms with Gasteiger partial charge in [-0.3, -0.25) is 4.79 Å². The predicted octanol–water partition coefficient (Wildman–Crippen LogP) is 2.80. The Hall–Kier alpha value is -1.55. The van der Waals surface area contributed by atoms with E-state index in [1.54, 1.807) is 4.90 Å². The Morgan fingerprint density at radius 3 is 2.86 bits per heavy atom. The minimum Gasteiger partial charge on any atom is -0.487 e. The number of amides is 1. The summed E-state index contributed by atoms with van der Waals surface area (Å²) in [6, 6.07) is 5.89. The Kier molecular flexibility index (Phi) is 3.66. The van der Waals surface area contributed by atoms with Crippen molar-refractivity contribution in [3.05, 3.63) is 23.8 Å². The van der Waals surface area contributed by atoms with Gasteiger partial charge >= 0.3 is 0 Å². The van der Waals surface area contributed by atoms with Crippen LogP contribution in [-0.2, 0) is 4.79 Å². The number of rotatable bonds is 2. The summed E-state index contributed by atoms with van der Waals surface area (Å²) >= 11 is 0. The van der Waals surface area contributed by atoms with Gasteiger partial charge in [-0.1, -0.05) is 18.9 Å². The molecule has 2 aliphatic rings. The van der Waals surface area contributed by atoms with E-state index < -0.39 is 5.60 Å². The average molecular weight is 289 g/mol. The van der Waals surface area contributed by atoms with Gasteiger partial charge in [0.05, 0.1) is 24.3 Å². The van der Waals surface area contributed by atoms with Crippen LogP contribution >= 0.6 is 0 Å². The van der Waals surface area contributed by atoms with Gasteiger partial charge in [0.25, 0.3) is 0 Å². The summed E-state index contributed by atoms with van der Waals surface area (Å²) in [5, 5.41) is 10.5. The Bertz CT molecular complexity index is 549. The molecule has 1 atom stereocenters. The molecule has 1 aromatic carbocycles. The van der Waals surface area contributed by atoms with Crippen LogP contribution in [0.1, 0.15) is 44.6 Å². The minimum absolute atomic E-state index is 0.000321. The molecule has 21 heavy (non-hydrogen) atoms. The van der Waals surface area contributed by atoms with Gasteiger partial charge < -0.3 is 14.7 Å². The smallest absolute Gasteiger partial charge is 0.230 e. The van der Waals surface area contributed by atoms with Gasteiger partial charge in [-0.25, -0.2) is 0 Å². The number of nitrogens with zero attached hydrogens (tertiary/aromatic N) is 1. The molecule has 4 nitrogen and oxygen atoms in total. The summed E-state index contributed by atoms with van der Waals surface area (Å²) in [6.45, 7) is 4.52. The van der Waals surface area contributed by atoms with Crippen LogP contribution < -0.4 is 9.64 Å². The van der Waals surface area contributed by atoms with Crippen LogP contribution in [0.15, 0.2) is 18.2 Å². The summed E-state index contributed by atoms with van der Waals surface area (Å²) in [5.41, 5.74) is 1.14. The topological polar surface area (TPSA) is 49.8 Å². The molecule has 1 saturated carbocycles. The molecule has 0 bridgehead atoms. The number of hydrogen-bond donors (Lipinski definition) is 1. The number of fused-ring (bicyclic) bond motifs is 1. The van der Waals surface area contributed by atoms with E-state index in [1.807, 2.05) is 32.0 Å². The summed E-state index contributed by atoms with van der Waals surface area (Å²) in [6.07, 6.45) is 3.69. The first-order valence-corrected chi connectivity index (χ1v) is 7.77. The molecule has 1 heterocycles. The van der Waals surface area contributed by atoms with Gasteiger partial charge in [0, 0.05) is 0 Å². The van der Waals surface area contributed by atoms with Crippen LogP contribution in [0.5, 0.6) is 5.75 Å². The predicted molar refractivity (Wildman–Crippen MR) is 81.7 cm³/mol. The monoisotopic (exact) mass is 289 g/mol. The van der Waals surface area contributed by atoms with E-state index in [4.69, 9.17) is 4.74 Å². The van der Waals surface area contributed by atoms with Crippen LogP contribution in [-0.4, -0.2) is 29.3 Å². The maximum atomic E-state index is 12.7. The molecule has 0 saturated heterocycles. The van der Waals surface area contributed by atoms with E-state index in [0.29, 0.717) is 6.54 Å². The Morgan fingerprint density at radius 2 is 2.14 bits per heavy atom. The molecule has 114 valence electrons. The first kappa shape index (κ1) is 14.4. The zero-order valence-electron chi connectivity index (χ0n) is 12.8. The number of ether oxygens (including phenoxy) is 1. The van der Waals surface area contributed by atoms with Crippen LogP contribution in [0.4, 0.5) is 5.69 Å². The highest BCUT2D eigenvalue weighted by atomic mass is 16.5. The van der Waals surface area contributed by atoms with E-state index >= 15 is 0 Å². The van der Waals surface area contributed by atoms with Crippen LogP contribution in [0.25, 0.3) is 0 Å². The molecular weight excluding hydrogens is 266 g/mol. The van der Waals surface area contributed by atoms with Crippen molar-refractivity contribution in [2.45, 2.75) is 57.7 Å². The zero-order valence-corrected chi connectivity index (χ0v) is 12.8. The fourth-order valence-corrected chi connectivity index (χ4v) is 3.37. The van der Waals surface area contributed by atoms with Crippen molar-refractivity contribution in [3.8, 4) is 5.75 Å². The SMILES string of the molecule is Cc1ccc2c(c1)OC(C)CN2C(=O)CC1(O)CCCC1. The van der Waals surface area contributed by atoms with E-state index in [9.17, 15) is 9.90 Å². The highest BCUT2D eigenvalue weighted by Gasteiger charge is 2.37. The summed E-state index contributed by atoms with van der Waals surface area (Å²) in [7, 11) is 0. The first-order chi connectivity index (χ1) is 9.97. The second-order valence-electron chi connectivity index (χ2n) is 6.51. The standard InChI is InChI=1S/C17H23NO3/c1-12-5-6-14-15(9-12)21-13(2)11-18(14)16(19)10-17(20)7-3-4-8-17/h5-6,9,13,20H,3-4,7-8,10-11H2,1-2H3. The molecule has 0 spiro atoms. The maximum absolute atomic E-state index is 12.7. The van der Waals surface area contributed by atoms with Gasteiger partial charge in [0.15, 0.2) is 0 Å². The number of hydrogen-bond acceptors (Lipinski definition) is 3. The quantitative estimate of drug-likeness (QED) is 0.911. The molecule has 1 aliphatic carbocycles. The van der Waals surface area contributed by atoms with Crippen LogP contribution in [0.3, 0.4) is 0 Å². The fourth-order valence-electron chi connectivity index (χ4n) is 3.37. The lowest BCUT2D eigenvalue weighted by molar-refractivity contribution is -0.123. The highest BCUT2D eigenvalue weighted by molar-refractivity contribution is 5.96. The first-order valence-electron chi connectivity index (χ1n) is 7.77. The van der Waals surface area contributed by atoms with Crippen molar-refractivity contribution in [3.63, 3.8) is 0 Å². The Labute approximate surface area is 125 Å². The number of aryl methyl sites for hydroxylation is 1. The Morgan fingerprint density at radius 1 is 1.43 bits per heavy atom. The third kappa shape index (κ3) is 2.91. The largest absolute Gasteiger partial charge is 0.487 e. The second-order valence-corrected chi connectivity index (χ2v) is 6.51. The summed E-state index contributed by atoms with van der Waals surface area (Å²) in [4.78, 5) is 14.4. The third-order valence-corrected chi connectivity index (χ3v) is 4.49. The van der Waals surface area contributed by atoms with Crippen molar-refractivity contribution < 1.29 is 14.6 Å². The molecule has 0 aromatic heterocycles. The molecule has 1 N–H and O–H groups in total. The number of carbonyl (C=O) groups is 1. The molecular formula is C17H23NO3. The molecule has 0 radical (unpaired) electrons. The zero-order chi connectivity index (χ0) is 15.0. The average Bonchev–Trinajstić information content (AvgIpc) is 2.83. The lowest BCUT2D eigenvalue weighted by Crippen LogP contribution is -2.45. The molecule has 4 heteroatoms. The summed E-state index contributed by atoms with van der Waals surface area (Å²) < 4.78 is 5.83. The highest BCUT2D eigenvalue weighted by Crippen LogP contribution is 2.37. The van der Waals surface area contributed by atoms with Gasteiger partial charge in [0.1, 0.15) is 11.9 Å². The molecule has 1 amide bonds. The van der Waals surface area contributed by atoms with Crippen molar-refractivity contribution in [2.75, 3.05) is 11.4 Å². The lowest BCUT2D eigenvalue weighted by atomic mass is 9.96. The molecule has 1 aromatic rings. The maximum Gasteiger partial charge on any atom is 0.230 e. The fraction of sp³-hybridized carbons (Fsp3) is 0.588. The second kappa shape index (κ2) is 5.34. The minimum atomic E-state index is -0.802. The normalized spacial score (nSPS) is 23.6. The number of carbonyl (C=O) groups excluding carboxylic acids is 1. The third-order valence-electron chi connectivity index (χ3n) is 4.49. The molecule has 1 aliphatic heterocycles. The molecule has 3 rings (SSSR count).